The second kappa shape index (κ2) is 10.8. The molecule has 0 unspecified atom stereocenters. The number of esters is 1. The molecule has 0 saturated heterocycles. The van der Waals surface area contributed by atoms with E-state index in [1.165, 1.54) is 14.2 Å². The van der Waals surface area contributed by atoms with Crippen LogP contribution in [-0.2, 0) is 27.3 Å². The fraction of sp³-hybridized carbons (Fsp3) is 0.333. The Morgan fingerprint density at radius 1 is 0.828 bits per heavy atom. The first-order chi connectivity index (χ1) is 14.0. The Bertz CT molecular complexity index is 851. The smallest absolute Gasteiger partial charge is 0.310 e. The van der Waals surface area contributed by atoms with Gasteiger partial charge in [0, 0.05) is 18.2 Å². The number of benzene rings is 2. The molecule has 0 saturated carbocycles. The van der Waals surface area contributed by atoms with E-state index < -0.39 is 11.9 Å². The third kappa shape index (κ3) is 6.31. The molecule has 0 heterocycles. The predicted molar refractivity (Wildman–Crippen MR) is 106 cm³/mol. The summed E-state index contributed by atoms with van der Waals surface area (Å²) in [4.78, 5) is 24.0. The Labute approximate surface area is 169 Å². The molecule has 0 spiro atoms. The largest absolute Gasteiger partial charge is 0.497 e. The topological polar surface area (TPSA) is 92.3 Å². The van der Waals surface area contributed by atoms with Crippen molar-refractivity contribution in [3.63, 3.8) is 0 Å². The third-order valence-corrected chi connectivity index (χ3v) is 4.13. The summed E-state index contributed by atoms with van der Waals surface area (Å²) in [5.41, 5.74) is 1.47. The summed E-state index contributed by atoms with van der Waals surface area (Å²) in [5, 5.41) is 2.69. The standard InChI is InChI=1S/C21H25NO7/c1-25-16-7-6-15(18(11-16)27-3)10-21(24)29-13-20(23)22-12-14-5-8-17(26-2)19(9-14)28-4/h5-9,11H,10,12-13H2,1-4H3,(H,22,23). The van der Waals surface area contributed by atoms with Crippen molar-refractivity contribution >= 4 is 11.9 Å². The molecule has 0 aliphatic rings. The minimum atomic E-state index is -0.533. The van der Waals surface area contributed by atoms with Crippen LogP contribution in [-0.4, -0.2) is 46.9 Å². The quantitative estimate of drug-likeness (QED) is 0.608. The molecule has 2 rings (SSSR count). The molecule has 8 heteroatoms. The maximum absolute atomic E-state index is 12.0. The normalized spacial score (nSPS) is 10.1. The summed E-state index contributed by atoms with van der Waals surface area (Å²) in [7, 11) is 6.14. The monoisotopic (exact) mass is 403 g/mol. The van der Waals surface area contributed by atoms with Crippen molar-refractivity contribution in [1.82, 2.24) is 5.32 Å². The minimum absolute atomic E-state index is 0.0177. The van der Waals surface area contributed by atoms with E-state index in [4.69, 9.17) is 23.7 Å². The van der Waals surface area contributed by atoms with Crippen molar-refractivity contribution in [2.24, 2.45) is 0 Å². The molecule has 1 N–H and O–H groups in total. The Balaban J connectivity index is 1.82. The summed E-state index contributed by atoms with van der Waals surface area (Å²) in [5.74, 6) is 1.36. The van der Waals surface area contributed by atoms with Gasteiger partial charge in [0.1, 0.15) is 11.5 Å². The van der Waals surface area contributed by atoms with E-state index in [0.29, 0.717) is 28.6 Å². The molecule has 1 amide bonds. The van der Waals surface area contributed by atoms with Crippen LogP contribution in [0.3, 0.4) is 0 Å². The first kappa shape index (κ1) is 21.9. The van der Waals surface area contributed by atoms with Crippen molar-refractivity contribution in [3.05, 3.63) is 47.5 Å². The van der Waals surface area contributed by atoms with Gasteiger partial charge in [-0.1, -0.05) is 12.1 Å². The number of rotatable bonds is 10. The van der Waals surface area contributed by atoms with Gasteiger partial charge in [-0.05, 0) is 23.8 Å². The summed E-state index contributed by atoms with van der Waals surface area (Å²) in [6.45, 7) is -0.104. The highest BCUT2D eigenvalue weighted by molar-refractivity contribution is 5.81. The molecule has 0 aliphatic carbocycles. The van der Waals surface area contributed by atoms with E-state index in [1.807, 2.05) is 6.07 Å². The molecule has 156 valence electrons. The average molecular weight is 403 g/mol. The van der Waals surface area contributed by atoms with Crippen LogP contribution in [0.2, 0.25) is 0 Å². The number of amides is 1. The zero-order chi connectivity index (χ0) is 21.2. The lowest BCUT2D eigenvalue weighted by Gasteiger charge is -2.11. The van der Waals surface area contributed by atoms with Gasteiger partial charge in [0.25, 0.3) is 5.91 Å². The molecule has 8 nitrogen and oxygen atoms in total. The van der Waals surface area contributed by atoms with Crippen LogP contribution in [0.4, 0.5) is 0 Å². The van der Waals surface area contributed by atoms with Gasteiger partial charge in [-0.3, -0.25) is 9.59 Å². The zero-order valence-electron chi connectivity index (χ0n) is 16.9. The van der Waals surface area contributed by atoms with Crippen molar-refractivity contribution in [2.75, 3.05) is 35.0 Å². The number of ether oxygens (including phenoxy) is 5. The van der Waals surface area contributed by atoms with Crippen molar-refractivity contribution in [2.45, 2.75) is 13.0 Å². The fourth-order valence-corrected chi connectivity index (χ4v) is 2.59. The molecular weight excluding hydrogens is 378 g/mol. The summed E-state index contributed by atoms with van der Waals surface area (Å²) >= 11 is 0. The van der Waals surface area contributed by atoms with Crippen molar-refractivity contribution in [3.8, 4) is 23.0 Å². The van der Waals surface area contributed by atoms with E-state index in [2.05, 4.69) is 5.32 Å². The number of hydrogen-bond donors (Lipinski definition) is 1. The van der Waals surface area contributed by atoms with Crippen molar-refractivity contribution in [1.29, 1.82) is 0 Å². The van der Waals surface area contributed by atoms with E-state index in [1.54, 1.807) is 44.6 Å². The van der Waals surface area contributed by atoms with Gasteiger partial charge in [0.2, 0.25) is 0 Å². The first-order valence-corrected chi connectivity index (χ1v) is 8.84. The van der Waals surface area contributed by atoms with E-state index in [0.717, 1.165) is 5.56 Å². The molecule has 0 radical (unpaired) electrons. The van der Waals surface area contributed by atoms with Crippen LogP contribution in [0.15, 0.2) is 36.4 Å². The van der Waals surface area contributed by atoms with Gasteiger partial charge >= 0.3 is 5.97 Å². The van der Waals surface area contributed by atoms with Crippen molar-refractivity contribution < 1.29 is 33.3 Å². The lowest BCUT2D eigenvalue weighted by molar-refractivity contribution is -0.147. The Morgan fingerprint density at radius 3 is 2.21 bits per heavy atom. The predicted octanol–water partition coefficient (Wildman–Crippen LogP) is 2.12. The Kier molecular flexibility index (Phi) is 8.14. The molecule has 2 aromatic carbocycles. The number of nitrogens with one attached hydrogen (secondary N) is 1. The molecule has 0 aromatic heterocycles. The minimum Gasteiger partial charge on any atom is -0.497 e. The van der Waals surface area contributed by atoms with E-state index in [-0.39, 0.29) is 19.6 Å². The van der Waals surface area contributed by atoms with Gasteiger partial charge < -0.3 is 29.0 Å². The molecule has 0 aliphatic heterocycles. The van der Waals surface area contributed by atoms with E-state index >= 15 is 0 Å². The van der Waals surface area contributed by atoms with Gasteiger partial charge in [-0.15, -0.1) is 0 Å². The van der Waals surface area contributed by atoms with Gasteiger partial charge in [-0.2, -0.15) is 0 Å². The molecule has 29 heavy (non-hydrogen) atoms. The van der Waals surface area contributed by atoms with Gasteiger partial charge in [0.05, 0.1) is 34.9 Å². The SMILES string of the molecule is COc1ccc(CC(=O)OCC(=O)NCc2ccc(OC)c(OC)c2)c(OC)c1. The molecule has 0 atom stereocenters. The van der Waals surface area contributed by atoms with Crippen LogP contribution in [0.5, 0.6) is 23.0 Å². The van der Waals surface area contributed by atoms with Crippen LogP contribution in [0.25, 0.3) is 0 Å². The summed E-state index contributed by atoms with van der Waals surface area (Å²) in [6.07, 6.45) is -0.0177. The highest BCUT2D eigenvalue weighted by atomic mass is 16.5. The highest BCUT2D eigenvalue weighted by Gasteiger charge is 2.13. The number of hydrogen-bond acceptors (Lipinski definition) is 7. The first-order valence-electron chi connectivity index (χ1n) is 8.84. The van der Waals surface area contributed by atoms with Gasteiger partial charge in [-0.25, -0.2) is 0 Å². The third-order valence-electron chi connectivity index (χ3n) is 4.13. The Morgan fingerprint density at radius 2 is 1.55 bits per heavy atom. The lowest BCUT2D eigenvalue weighted by atomic mass is 10.1. The second-order valence-corrected chi connectivity index (χ2v) is 5.98. The maximum Gasteiger partial charge on any atom is 0.310 e. The van der Waals surface area contributed by atoms with Crippen LogP contribution in [0, 0.1) is 0 Å². The zero-order valence-corrected chi connectivity index (χ0v) is 16.9. The summed E-state index contributed by atoms with van der Waals surface area (Å²) < 4.78 is 25.8. The fourth-order valence-electron chi connectivity index (χ4n) is 2.59. The number of carbonyl (C=O) groups excluding carboxylic acids is 2. The number of methoxy groups -OCH3 is 4. The van der Waals surface area contributed by atoms with Crippen LogP contribution >= 0.6 is 0 Å². The second-order valence-electron chi connectivity index (χ2n) is 5.98. The van der Waals surface area contributed by atoms with Crippen LogP contribution in [0.1, 0.15) is 11.1 Å². The highest BCUT2D eigenvalue weighted by Crippen LogP contribution is 2.27. The molecule has 2 aromatic rings. The van der Waals surface area contributed by atoms with E-state index in [9.17, 15) is 9.59 Å². The summed E-state index contributed by atoms with van der Waals surface area (Å²) in [6, 6.07) is 10.4. The Hall–Kier alpha value is -3.42. The van der Waals surface area contributed by atoms with Gasteiger partial charge in [0.15, 0.2) is 18.1 Å². The number of carbonyl (C=O) groups is 2. The molecule has 0 fully saturated rings. The maximum atomic E-state index is 12.0. The van der Waals surface area contributed by atoms with Crippen LogP contribution < -0.4 is 24.3 Å². The lowest BCUT2D eigenvalue weighted by Crippen LogP contribution is -2.28. The molecular formula is C21H25NO7. The molecule has 0 bridgehead atoms. The average Bonchev–Trinajstić information content (AvgIpc) is 2.76.